The molecule has 0 aromatic carbocycles. The topological polar surface area (TPSA) is 54.5 Å². The number of carbonyl (C=O) groups is 1. The highest BCUT2D eigenvalue weighted by atomic mass is 32.2. The zero-order valence-corrected chi connectivity index (χ0v) is 12.4. The number of amides is 1. The van der Waals surface area contributed by atoms with Gasteiger partial charge in [-0.25, -0.2) is 8.42 Å². The van der Waals surface area contributed by atoms with Crippen LogP contribution in [0.4, 0.5) is 0 Å². The van der Waals surface area contributed by atoms with Gasteiger partial charge in [-0.2, -0.15) is 0 Å². The highest BCUT2D eigenvalue weighted by Crippen LogP contribution is 2.24. The molecule has 0 unspecified atom stereocenters. The average Bonchev–Trinajstić information content (AvgIpc) is 2.95. The maximum atomic E-state index is 12.4. The molecule has 2 aliphatic rings. The Morgan fingerprint density at radius 1 is 1.37 bits per heavy atom. The summed E-state index contributed by atoms with van der Waals surface area (Å²) in [5, 5.41) is 0. The largest absolute Gasteiger partial charge is 0.339 e. The summed E-state index contributed by atoms with van der Waals surface area (Å²) in [7, 11) is -2.93. The van der Waals surface area contributed by atoms with Gasteiger partial charge in [0.25, 0.3) is 0 Å². The Bertz CT molecular complexity index is 455. The van der Waals surface area contributed by atoms with Gasteiger partial charge in [0.05, 0.1) is 11.5 Å². The first-order valence-corrected chi connectivity index (χ1v) is 9.00. The third-order valence-electron chi connectivity index (χ3n) is 3.98. The zero-order valence-electron chi connectivity index (χ0n) is 11.5. The van der Waals surface area contributed by atoms with Crippen molar-refractivity contribution in [3.8, 4) is 0 Å². The van der Waals surface area contributed by atoms with Crippen molar-refractivity contribution >= 4 is 15.7 Å². The van der Waals surface area contributed by atoms with E-state index in [0.717, 1.165) is 19.3 Å². The van der Waals surface area contributed by atoms with Gasteiger partial charge in [-0.1, -0.05) is 19.1 Å². The van der Waals surface area contributed by atoms with Crippen molar-refractivity contribution in [2.45, 2.75) is 45.1 Å². The van der Waals surface area contributed by atoms with E-state index in [4.69, 9.17) is 0 Å². The van der Waals surface area contributed by atoms with Gasteiger partial charge < -0.3 is 4.90 Å². The Balaban J connectivity index is 1.98. The Hall–Kier alpha value is -0.840. The molecule has 4 nitrogen and oxygen atoms in total. The van der Waals surface area contributed by atoms with Crippen molar-refractivity contribution in [2.75, 3.05) is 18.1 Å². The number of hydrogen-bond donors (Lipinski definition) is 0. The van der Waals surface area contributed by atoms with Crippen LogP contribution in [0.1, 0.15) is 39.0 Å². The fourth-order valence-electron chi connectivity index (χ4n) is 2.98. The smallest absolute Gasteiger partial charge is 0.223 e. The molecule has 0 bridgehead atoms. The molecule has 0 N–H and O–H groups in total. The van der Waals surface area contributed by atoms with Gasteiger partial charge in [-0.15, -0.1) is 0 Å². The van der Waals surface area contributed by atoms with Crippen molar-refractivity contribution in [1.29, 1.82) is 0 Å². The number of nitrogens with zero attached hydrogens (tertiary/aromatic N) is 1. The van der Waals surface area contributed by atoms with E-state index in [2.05, 4.69) is 12.2 Å². The fourth-order valence-corrected chi connectivity index (χ4v) is 4.71. The number of rotatable bonds is 5. The van der Waals surface area contributed by atoms with Crippen molar-refractivity contribution in [1.82, 2.24) is 4.90 Å². The summed E-state index contributed by atoms with van der Waals surface area (Å²) in [4.78, 5) is 14.2. The quantitative estimate of drug-likeness (QED) is 0.723. The summed E-state index contributed by atoms with van der Waals surface area (Å²) in [6.07, 6.45) is 8.37. The van der Waals surface area contributed by atoms with E-state index >= 15 is 0 Å². The summed E-state index contributed by atoms with van der Waals surface area (Å²) in [5.41, 5.74) is 0. The van der Waals surface area contributed by atoms with Crippen molar-refractivity contribution in [2.24, 2.45) is 5.92 Å². The number of carbonyl (C=O) groups excluding carboxylic acids is 1. The van der Waals surface area contributed by atoms with Crippen LogP contribution >= 0.6 is 0 Å². The second-order valence-electron chi connectivity index (χ2n) is 5.61. The van der Waals surface area contributed by atoms with Crippen LogP contribution in [0.2, 0.25) is 0 Å². The number of allylic oxidation sites excluding steroid dienone is 2. The van der Waals surface area contributed by atoms with Gasteiger partial charge >= 0.3 is 0 Å². The highest BCUT2D eigenvalue weighted by Gasteiger charge is 2.34. The third-order valence-corrected chi connectivity index (χ3v) is 5.73. The van der Waals surface area contributed by atoms with Crippen LogP contribution < -0.4 is 0 Å². The Morgan fingerprint density at radius 3 is 2.68 bits per heavy atom. The second-order valence-corrected chi connectivity index (χ2v) is 7.84. The molecule has 0 spiro atoms. The molecule has 1 saturated heterocycles. The van der Waals surface area contributed by atoms with E-state index in [1.54, 1.807) is 0 Å². The predicted molar refractivity (Wildman–Crippen MR) is 75.5 cm³/mol. The molecule has 19 heavy (non-hydrogen) atoms. The lowest BCUT2D eigenvalue weighted by atomic mass is 10.0. The maximum absolute atomic E-state index is 12.4. The minimum Gasteiger partial charge on any atom is -0.339 e. The minimum atomic E-state index is -2.93. The molecule has 1 aliphatic carbocycles. The molecule has 1 heterocycles. The molecule has 0 saturated carbocycles. The van der Waals surface area contributed by atoms with Gasteiger partial charge in [-0.05, 0) is 31.6 Å². The van der Waals surface area contributed by atoms with Gasteiger partial charge in [-0.3, -0.25) is 4.79 Å². The molecule has 2 rings (SSSR count). The zero-order chi connectivity index (χ0) is 13.9. The molecular weight excluding hydrogens is 262 g/mol. The fraction of sp³-hybridized carbons (Fsp3) is 0.786. The normalized spacial score (nSPS) is 28.7. The molecular formula is C14H23NO3S. The summed E-state index contributed by atoms with van der Waals surface area (Å²) < 4.78 is 23.1. The molecule has 5 heteroatoms. The number of hydrogen-bond acceptors (Lipinski definition) is 3. The van der Waals surface area contributed by atoms with Crippen LogP contribution in [0.15, 0.2) is 12.2 Å². The van der Waals surface area contributed by atoms with E-state index < -0.39 is 9.84 Å². The van der Waals surface area contributed by atoms with Crippen LogP contribution in [0.5, 0.6) is 0 Å². The third kappa shape index (κ3) is 3.81. The monoisotopic (exact) mass is 285 g/mol. The molecule has 2 atom stereocenters. The van der Waals surface area contributed by atoms with Gasteiger partial charge in [0.1, 0.15) is 0 Å². The first-order valence-electron chi connectivity index (χ1n) is 7.18. The summed E-state index contributed by atoms with van der Waals surface area (Å²) >= 11 is 0. The highest BCUT2D eigenvalue weighted by molar-refractivity contribution is 7.91. The average molecular weight is 285 g/mol. The molecule has 1 amide bonds. The lowest BCUT2D eigenvalue weighted by molar-refractivity contribution is -0.133. The first-order chi connectivity index (χ1) is 9.02. The van der Waals surface area contributed by atoms with Crippen LogP contribution in [-0.4, -0.2) is 43.3 Å². The van der Waals surface area contributed by atoms with Crippen LogP contribution in [0.3, 0.4) is 0 Å². The van der Waals surface area contributed by atoms with E-state index in [-0.39, 0.29) is 23.5 Å². The predicted octanol–water partition coefficient (Wildman–Crippen LogP) is 1.77. The Labute approximate surface area is 115 Å². The van der Waals surface area contributed by atoms with Crippen LogP contribution in [0.25, 0.3) is 0 Å². The van der Waals surface area contributed by atoms with Crippen molar-refractivity contribution in [3.05, 3.63) is 12.2 Å². The minimum absolute atomic E-state index is 0.0946. The molecule has 0 aromatic heterocycles. The van der Waals surface area contributed by atoms with E-state index in [1.165, 1.54) is 0 Å². The molecule has 0 aromatic rings. The maximum Gasteiger partial charge on any atom is 0.223 e. The van der Waals surface area contributed by atoms with Crippen molar-refractivity contribution in [3.63, 3.8) is 0 Å². The lowest BCUT2D eigenvalue weighted by Gasteiger charge is -2.28. The lowest BCUT2D eigenvalue weighted by Crippen LogP contribution is -2.42. The van der Waals surface area contributed by atoms with E-state index in [1.807, 2.05) is 11.8 Å². The van der Waals surface area contributed by atoms with E-state index in [9.17, 15) is 13.2 Å². The SMILES string of the molecule is CCCN(C(=O)C[C@@H]1C=CCC1)[C@@H]1CCS(=O)(=O)C1. The summed E-state index contributed by atoms with van der Waals surface area (Å²) in [5.74, 6) is 0.860. The molecule has 0 radical (unpaired) electrons. The standard InChI is InChI=1S/C14H23NO3S/c1-2-8-15(13-7-9-19(17,18)11-13)14(16)10-12-5-3-4-6-12/h3,5,12-13H,2,4,6-11H2,1H3/t12-,13-/m1/s1. The summed E-state index contributed by atoms with van der Waals surface area (Å²) in [6.45, 7) is 2.70. The molecule has 108 valence electrons. The second kappa shape index (κ2) is 6.07. The number of sulfone groups is 1. The van der Waals surface area contributed by atoms with Crippen LogP contribution in [0, 0.1) is 5.92 Å². The first kappa shape index (κ1) is 14.6. The van der Waals surface area contributed by atoms with Gasteiger partial charge in [0.2, 0.25) is 5.91 Å². The van der Waals surface area contributed by atoms with Gasteiger partial charge in [0, 0.05) is 19.0 Å². The van der Waals surface area contributed by atoms with E-state index in [0.29, 0.717) is 25.3 Å². The van der Waals surface area contributed by atoms with Gasteiger partial charge in [0.15, 0.2) is 9.84 Å². The molecule has 1 aliphatic heterocycles. The van der Waals surface area contributed by atoms with Crippen LogP contribution in [-0.2, 0) is 14.6 Å². The Morgan fingerprint density at radius 2 is 2.16 bits per heavy atom. The van der Waals surface area contributed by atoms with Crippen molar-refractivity contribution < 1.29 is 13.2 Å². The summed E-state index contributed by atoms with van der Waals surface area (Å²) in [6, 6.07) is -0.0946. The molecule has 1 fully saturated rings. The Kier molecular flexibility index (Phi) is 4.66.